The lowest BCUT2D eigenvalue weighted by Gasteiger charge is -2.10. The van der Waals surface area contributed by atoms with Gasteiger partial charge in [0, 0.05) is 0 Å². The van der Waals surface area contributed by atoms with E-state index in [1.807, 2.05) is 18.2 Å². The van der Waals surface area contributed by atoms with Gasteiger partial charge in [0.05, 0.1) is 13.1 Å². The summed E-state index contributed by atoms with van der Waals surface area (Å²) in [5, 5.41) is 2.65. The minimum absolute atomic E-state index is 0.0167. The predicted molar refractivity (Wildman–Crippen MR) is 68.1 cm³/mol. The summed E-state index contributed by atoms with van der Waals surface area (Å²) in [5.74, 6) is 1.15. The Bertz CT molecular complexity index is 364. The van der Waals surface area contributed by atoms with Gasteiger partial charge in [-0.1, -0.05) is 26.0 Å². The summed E-state index contributed by atoms with van der Waals surface area (Å²) in [6.07, 6.45) is 0. The van der Waals surface area contributed by atoms with E-state index in [9.17, 15) is 4.79 Å². The smallest absolute Gasteiger partial charge is 0.233 e. The number of amides is 1. The Kier molecular flexibility index (Phi) is 5.49. The summed E-state index contributed by atoms with van der Waals surface area (Å²) in [4.78, 5) is 10.9. The van der Waals surface area contributed by atoms with Crippen molar-refractivity contribution in [1.29, 1.82) is 0 Å². The van der Waals surface area contributed by atoms with E-state index in [1.54, 1.807) is 0 Å². The van der Waals surface area contributed by atoms with Crippen LogP contribution in [0, 0.1) is 0 Å². The van der Waals surface area contributed by atoms with Crippen LogP contribution in [0.4, 0.5) is 0 Å². The fraction of sp³-hybridized carbons (Fsp3) is 0.462. The van der Waals surface area contributed by atoms with Crippen molar-refractivity contribution in [1.82, 2.24) is 5.32 Å². The summed E-state index contributed by atoms with van der Waals surface area (Å²) < 4.78 is 5.54. The normalized spacial score (nSPS) is 10.4. The molecular weight excluding hydrogens is 216 g/mol. The lowest BCUT2D eigenvalue weighted by molar-refractivity contribution is -0.119. The van der Waals surface area contributed by atoms with Gasteiger partial charge in [-0.2, -0.15) is 0 Å². The molecule has 0 radical (unpaired) electrons. The zero-order chi connectivity index (χ0) is 12.7. The molecule has 0 unspecified atom stereocenters. The van der Waals surface area contributed by atoms with Gasteiger partial charge >= 0.3 is 0 Å². The first-order valence-corrected chi connectivity index (χ1v) is 5.83. The highest BCUT2D eigenvalue weighted by molar-refractivity contribution is 5.77. The van der Waals surface area contributed by atoms with Gasteiger partial charge in [-0.05, 0) is 23.6 Å². The molecule has 3 N–H and O–H groups in total. The second-order valence-electron chi connectivity index (χ2n) is 4.13. The van der Waals surface area contributed by atoms with Crippen molar-refractivity contribution in [2.75, 3.05) is 19.7 Å². The molecule has 0 aliphatic carbocycles. The summed E-state index contributed by atoms with van der Waals surface area (Å²) in [6, 6.07) is 7.99. The first kappa shape index (κ1) is 13.5. The Balaban J connectivity index is 2.36. The molecule has 1 rings (SSSR count). The summed E-state index contributed by atoms with van der Waals surface area (Å²) in [7, 11) is 0. The Morgan fingerprint density at radius 2 is 2.24 bits per heavy atom. The molecular formula is C13H20N2O2. The van der Waals surface area contributed by atoms with Gasteiger partial charge < -0.3 is 15.8 Å². The van der Waals surface area contributed by atoms with Crippen molar-refractivity contribution >= 4 is 5.91 Å². The third kappa shape index (κ3) is 4.87. The maximum Gasteiger partial charge on any atom is 0.233 e. The average Bonchev–Trinajstić information content (AvgIpc) is 2.34. The molecule has 17 heavy (non-hydrogen) atoms. The number of carbonyl (C=O) groups is 1. The van der Waals surface area contributed by atoms with Crippen LogP contribution >= 0.6 is 0 Å². The largest absolute Gasteiger partial charge is 0.492 e. The van der Waals surface area contributed by atoms with E-state index in [4.69, 9.17) is 10.5 Å². The molecule has 94 valence electrons. The predicted octanol–water partition coefficient (Wildman–Crippen LogP) is 1.26. The van der Waals surface area contributed by atoms with Crippen molar-refractivity contribution < 1.29 is 9.53 Å². The van der Waals surface area contributed by atoms with Crippen molar-refractivity contribution in [3.63, 3.8) is 0 Å². The SMILES string of the molecule is CC(C)c1cccc(OCCNC(=O)CN)c1. The standard InChI is InChI=1S/C13H20N2O2/c1-10(2)11-4-3-5-12(8-11)17-7-6-15-13(16)9-14/h3-5,8,10H,6-7,9,14H2,1-2H3,(H,15,16). The maximum atomic E-state index is 10.9. The van der Waals surface area contributed by atoms with E-state index in [2.05, 4.69) is 25.2 Å². The number of carbonyl (C=O) groups excluding carboxylic acids is 1. The van der Waals surface area contributed by atoms with Gasteiger partial charge in [-0.15, -0.1) is 0 Å². The molecule has 0 atom stereocenters. The second kappa shape index (κ2) is 6.91. The van der Waals surface area contributed by atoms with Crippen LogP contribution < -0.4 is 15.8 Å². The molecule has 0 bridgehead atoms. The molecule has 0 aromatic heterocycles. The zero-order valence-corrected chi connectivity index (χ0v) is 10.4. The zero-order valence-electron chi connectivity index (χ0n) is 10.4. The average molecular weight is 236 g/mol. The first-order chi connectivity index (χ1) is 8.13. The number of hydrogen-bond donors (Lipinski definition) is 2. The molecule has 1 aromatic rings. The quantitative estimate of drug-likeness (QED) is 0.731. The summed E-state index contributed by atoms with van der Waals surface area (Å²) >= 11 is 0. The van der Waals surface area contributed by atoms with E-state index in [1.165, 1.54) is 5.56 Å². The molecule has 1 amide bonds. The van der Waals surface area contributed by atoms with Crippen LogP contribution in [0.15, 0.2) is 24.3 Å². The molecule has 0 spiro atoms. The van der Waals surface area contributed by atoms with Gasteiger partial charge in [0.25, 0.3) is 0 Å². The first-order valence-electron chi connectivity index (χ1n) is 5.83. The number of ether oxygens (including phenoxy) is 1. The topological polar surface area (TPSA) is 64.3 Å². The molecule has 0 aliphatic rings. The number of benzene rings is 1. The minimum Gasteiger partial charge on any atom is -0.492 e. The Morgan fingerprint density at radius 3 is 2.88 bits per heavy atom. The monoisotopic (exact) mass is 236 g/mol. The number of nitrogens with two attached hydrogens (primary N) is 1. The van der Waals surface area contributed by atoms with E-state index in [0.29, 0.717) is 19.1 Å². The molecule has 1 aromatic carbocycles. The molecule has 0 aliphatic heterocycles. The highest BCUT2D eigenvalue weighted by Crippen LogP contribution is 2.19. The van der Waals surface area contributed by atoms with Gasteiger partial charge in [0.2, 0.25) is 5.91 Å². The lowest BCUT2D eigenvalue weighted by atomic mass is 10.0. The van der Waals surface area contributed by atoms with Crippen molar-refractivity contribution in [3.05, 3.63) is 29.8 Å². The highest BCUT2D eigenvalue weighted by atomic mass is 16.5. The Labute approximate surface area is 102 Å². The van der Waals surface area contributed by atoms with E-state index >= 15 is 0 Å². The van der Waals surface area contributed by atoms with Crippen LogP contribution in [-0.2, 0) is 4.79 Å². The van der Waals surface area contributed by atoms with Crippen LogP contribution in [-0.4, -0.2) is 25.6 Å². The second-order valence-corrected chi connectivity index (χ2v) is 4.13. The van der Waals surface area contributed by atoms with Crippen LogP contribution in [0.3, 0.4) is 0 Å². The van der Waals surface area contributed by atoms with E-state index in [-0.39, 0.29) is 12.5 Å². The van der Waals surface area contributed by atoms with Crippen molar-refractivity contribution in [3.8, 4) is 5.75 Å². The maximum absolute atomic E-state index is 10.9. The van der Waals surface area contributed by atoms with Gasteiger partial charge in [0.15, 0.2) is 0 Å². The molecule has 0 heterocycles. The van der Waals surface area contributed by atoms with Crippen molar-refractivity contribution in [2.24, 2.45) is 5.73 Å². The third-order valence-electron chi connectivity index (χ3n) is 2.40. The van der Waals surface area contributed by atoms with E-state index < -0.39 is 0 Å². The molecule has 4 heteroatoms. The highest BCUT2D eigenvalue weighted by Gasteiger charge is 2.01. The van der Waals surface area contributed by atoms with E-state index in [0.717, 1.165) is 5.75 Å². The molecule has 4 nitrogen and oxygen atoms in total. The fourth-order valence-electron chi connectivity index (χ4n) is 1.39. The lowest BCUT2D eigenvalue weighted by Crippen LogP contribution is -2.33. The summed E-state index contributed by atoms with van der Waals surface area (Å²) in [5.41, 5.74) is 6.41. The molecule has 0 fully saturated rings. The number of nitrogens with one attached hydrogen (secondary N) is 1. The van der Waals surface area contributed by atoms with Gasteiger partial charge in [-0.3, -0.25) is 4.79 Å². The molecule has 0 saturated heterocycles. The summed E-state index contributed by atoms with van der Waals surface area (Å²) in [6.45, 7) is 5.22. The van der Waals surface area contributed by atoms with Gasteiger partial charge in [0.1, 0.15) is 12.4 Å². The minimum atomic E-state index is -0.162. The fourth-order valence-corrected chi connectivity index (χ4v) is 1.39. The van der Waals surface area contributed by atoms with Crippen molar-refractivity contribution in [2.45, 2.75) is 19.8 Å². The van der Waals surface area contributed by atoms with Gasteiger partial charge in [-0.25, -0.2) is 0 Å². The number of rotatable bonds is 6. The Morgan fingerprint density at radius 1 is 1.47 bits per heavy atom. The van der Waals surface area contributed by atoms with Crippen LogP contribution in [0.1, 0.15) is 25.3 Å². The van der Waals surface area contributed by atoms with Crippen LogP contribution in [0.5, 0.6) is 5.75 Å². The van der Waals surface area contributed by atoms with Crippen LogP contribution in [0.2, 0.25) is 0 Å². The molecule has 0 saturated carbocycles. The third-order valence-corrected chi connectivity index (χ3v) is 2.40. The Hall–Kier alpha value is -1.55. The number of hydrogen-bond acceptors (Lipinski definition) is 3. The van der Waals surface area contributed by atoms with Crippen LogP contribution in [0.25, 0.3) is 0 Å².